The number of nitrogens with one attached hydrogen (secondary N) is 1. The number of benzene rings is 1. The number of carbonyl (C=O) groups excluding carboxylic acids is 2. The summed E-state index contributed by atoms with van der Waals surface area (Å²) in [7, 11) is 0. The first kappa shape index (κ1) is 16.4. The third-order valence-corrected chi connectivity index (χ3v) is 2.67. The fourth-order valence-electron chi connectivity index (χ4n) is 1.52. The van der Waals surface area contributed by atoms with Crippen molar-refractivity contribution in [3.8, 4) is 0 Å². The third-order valence-electron chi connectivity index (χ3n) is 2.67. The van der Waals surface area contributed by atoms with Crippen LogP contribution in [0.3, 0.4) is 0 Å². The molecule has 0 fully saturated rings. The topological polar surface area (TPSA) is 130 Å². The Morgan fingerprint density at radius 2 is 1.81 bits per heavy atom. The SMILES string of the molecule is C[C@@H](O)[C@H](NC(=O)/C=C/c1ccc(C(N)=O)cc1)C(=O)O. The fourth-order valence-corrected chi connectivity index (χ4v) is 1.52. The van der Waals surface area contributed by atoms with Gasteiger partial charge >= 0.3 is 5.97 Å². The van der Waals surface area contributed by atoms with E-state index in [1.807, 2.05) is 0 Å². The minimum atomic E-state index is -1.38. The number of aliphatic hydroxyl groups excluding tert-OH is 1. The zero-order valence-corrected chi connectivity index (χ0v) is 11.3. The van der Waals surface area contributed by atoms with Gasteiger partial charge in [-0.2, -0.15) is 0 Å². The Kier molecular flexibility index (Phi) is 5.62. The molecule has 21 heavy (non-hydrogen) atoms. The second kappa shape index (κ2) is 7.20. The number of hydrogen-bond donors (Lipinski definition) is 4. The molecule has 0 spiro atoms. The van der Waals surface area contributed by atoms with E-state index in [9.17, 15) is 19.5 Å². The number of amides is 2. The molecule has 2 atom stereocenters. The minimum Gasteiger partial charge on any atom is -0.480 e. The van der Waals surface area contributed by atoms with Crippen LogP contribution in [0.5, 0.6) is 0 Å². The van der Waals surface area contributed by atoms with Gasteiger partial charge in [-0.25, -0.2) is 4.79 Å². The lowest BCUT2D eigenvalue weighted by atomic mass is 10.1. The summed E-state index contributed by atoms with van der Waals surface area (Å²) in [6.45, 7) is 1.27. The van der Waals surface area contributed by atoms with Crippen LogP contribution >= 0.6 is 0 Å². The Morgan fingerprint density at radius 1 is 1.24 bits per heavy atom. The zero-order chi connectivity index (χ0) is 16.0. The van der Waals surface area contributed by atoms with Crippen molar-refractivity contribution in [3.63, 3.8) is 0 Å². The second-order valence-corrected chi connectivity index (χ2v) is 4.38. The molecule has 112 valence electrons. The maximum Gasteiger partial charge on any atom is 0.328 e. The Balaban J connectivity index is 2.69. The van der Waals surface area contributed by atoms with Gasteiger partial charge in [0, 0.05) is 11.6 Å². The summed E-state index contributed by atoms with van der Waals surface area (Å²) in [6.07, 6.45) is 1.37. The van der Waals surface area contributed by atoms with Crippen molar-refractivity contribution in [2.75, 3.05) is 0 Å². The lowest BCUT2D eigenvalue weighted by Gasteiger charge is -2.15. The van der Waals surface area contributed by atoms with Crippen LogP contribution < -0.4 is 11.1 Å². The van der Waals surface area contributed by atoms with E-state index in [1.54, 1.807) is 12.1 Å². The van der Waals surface area contributed by atoms with Gasteiger partial charge in [0.2, 0.25) is 11.8 Å². The van der Waals surface area contributed by atoms with Crippen LogP contribution in [0, 0.1) is 0 Å². The van der Waals surface area contributed by atoms with E-state index in [0.717, 1.165) is 6.08 Å². The van der Waals surface area contributed by atoms with Gasteiger partial charge in [-0.05, 0) is 30.7 Å². The zero-order valence-electron chi connectivity index (χ0n) is 11.3. The van der Waals surface area contributed by atoms with Crippen molar-refractivity contribution in [1.82, 2.24) is 5.32 Å². The van der Waals surface area contributed by atoms with E-state index < -0.39 is 29.9 Å². The van der Waals surface area contributed by atoms with Crippen molar-refractivity contribution in [1.29, 1.82) is 0 Å². The number of aliphatic hydroxyl groups is 1. The normalized spacial score (nSPS) is 13.6. The molecule has 1 aromatic carbocycles. The summed E-state index contributed by atoms with van der Waals surface area (Å²) in [5.74, 6) is -2.52. The predicted molar refractivity (Wildman–Crippen MR) is 75.2 cm³/mol. The molecule has 0 aliphatic carbocycles. The Hall–Kier alpha value is -2.67. The lowest BCUT2D eigenvalue weighted by Crippen LogP contribution is -2.47. The highest BCUT2D eigenvalue weighted by Crippen LogP contribution is 2.05. The summed E-state index contributed by atoms with van der Waals surface area (Å²) < 4.78 is 0. The summed E-state index contributed by atoms with van der Waals surface area (Å²) in [5, 5.41) is 20.2. The molecule has 0 aromatic heterocycles. The van der Waals surface area contributed by atoms with E-state index in [-0.39, 0.29) is 0 Å². The average Bonchev–Trinajstić information content (AvgIpc) is 2.42. The molecule has 5 N–H and O–H groups in total. The highest BCUT2D eigenvalue weighted by molar-refractivity contribution is 5.95. The van der Waals surface area contributed by atoms with Gasteiger partial charge < -0.3 is 21.3 Å². The van der Waals surface area contributed by atoms with E-state index in [1.165, 1.54) is 25.1 Å². The van der Waals surface area contributed by atoms with Crippen molar-refractivity contribution < 1.29 is 24.6 Å². The van der Waals surface area contributed by atoms with Crippen LogP contribution in [0.1, 0.15) is 22.8 Å². The van der Waals surface area contributed by atoms with Gasteiger partial charge in [0.1, 0.15) is 0 Å². The molecule has 7 heteroatoms. The molecule has 7 nitrogen and oxygen atoms in total. The molecule has 0 aliphatic rings. The molecule has 0 saturated heterocycles. The smallest absolute Gasteiger partial charge is 0.328 e. The highest BCUT2D eigenvalue weighted by atomic mass is 16.4. The minimum absolute atomic E-state index is 0.344. The van der Waals surface area contributed by atoms with E-state index in [2.05, 4.69) is 5.32 Å². The Bertz CT molecular complexity index is 563. The maximum atomic E-state index is 11.6. The molecule has 0 heterocycles. The van der Waals surface area contributed by atoms with Crippen molar-refractivity contribution in [3.05, 3.63) is 41.5 Å². The quantitative estimate of drug-likeness (QED) is 0.537. The first-order valence-electron chi connectivity index (χ1n) is 6.10. The van der Waals surface area contributed by atoms with Gasteiger partial charge in [0.15, 0.2) is 6.04 Å². The Morgan fingerprint density at radius 3 is 2.24 bits per heavy atom. The van der Waals surface area contributed by atoms with Crippen LogP contribution in [0.4, 0.5) is 0 Å². The summed E-state index contributed by atoms with van der Waals surface area (Å²) >= 11 is 0. The number of hydrogen-bond acceptors (Lipinski definition) is 4. The van der Waals surface area contributed by atoms with Crippen molar-refractivity contribution in [2.24, 2.45) is 5.73 Å². The van der Waals surface area contributed by atoms with Gasteiger partial charge in [-0.1, -0.05) is 12.1 Å². The average molecular weight is 292 g/mol. The number of carboxylic acid groups (broad SMARTS) is 1. The summed E-state index contributed by atoms with van der Waals surface area (Å²) in [6, 6.07) is 4.82. The molecule has 0 unspecified atom stereocenters. The first-order chi connectivity index (χ1) is 9.81. The second-order valence-electron chi connectivity index (χ2n) is 4.38. The van der Waals surface area contributed by atoms with Crippen molar-refractivity contribution >= 4 is 23.9 Å². The number of primary amides is 1. The van der Waals surface area contributed by atoms with Crippen LogP contribution in [0.2, 0.25) is 0 Å². The van der Waals surface area contributed by atoms with E-state index in [4.69, 9.17) is 10.8 Å². The molecule has 1 rings (SSSR count). The van der Waals surface area contributed by atoms with Crippen molar-refractivity contribution in [2.45, 2.75) is 19.1 Å². The number of carbonyl (C=O) groups is 3. The summed E-state index contributed by atoms with van der Waals surface area (Å²) in [4.78, 5) is 33.3. The highest BCUT2D eigenvalue weighted by Gasteiger charge is 2.23. The molecule has 0 bridgehead atoms. The molecular formula is C14H16N2O5. The number of rotatable bonds is 6. The fraction of sp³-hybridized carbons (Fsp3) is 0.214. The first-order valence-corrected chi connectivity index (χ1v) is 6.10. The maximum absolute atomic E-state index is 11.6. The lowest BCUT2D eigenvalue weighted by molar-refractivity contribution is -0.144. The standard InChI is InChI=1S/C14H16N2O5/c1-8(17)12(14(20)21)16-11(18)7-4-9-2-5-10(6-3-9)13(15)19/h2-8,12,17H,1H3,(H2,15,19)(H,16,18)(H,20,21)/b7-4+/t8-,12+/m1/s1. The molecule has 1 aromatic rings. The monoisotopic (exact) mass is 292 g/mol. The summed E-state index contributed by atoms with van der Waals surface area (Å²) in [5.41, 5.74) is 6.08. The Labute approximate surface area is 121 Å². The predicted octanol–water partition coefficient (Wildman–Crippen LogP) is -0.251. The molecule has 0 saturated carbocycles. The van der Waals surface area contributed by atoms with Gasteiger partial charge in [0.05, 0.1) is 6.10 Å². The third kappa shape index (κ3) is 5.07. The molecule has 0 aliphatic heterocycles. The largest absolute Gasteiger partial charge is 0.480 e. The van der Waals surface area contributed by atoms with E-state index in [0.29, 0.717) is 11.1 Å². The van der Waals surface area contributed by atoms with Gasteiger partial charge in [0.25, 0.3) is 0 Å². The number of nitrogens with two attached hydrogens (primary N) is 1. The van der Waals surface area contributed by atoms with Crippen LogP contribution in [-0.4, -0.2) is 40.1 Å². The molecule has 2 amide bonds. The molecular weight excluding hydrogens is 276 g/mol. The van der Waals surface area contributed by atoms with Crippen LogP contribution in [0.25, 0.3) is 6.08 Å². The number of carboxylic acids is 1. The van der Waals surface area contributed by atoms with Crippen LogP contribution in [-0.2, 0) is 9.59 Å². The van der Waals surface area contributed by atoms with E-state index >= 15 is 0 Å². The van der Waals surface area contributed by atoms with Gasteiger partial charge in [-0.15, -0.1) is 0 Å². The molecule has 0 radical (unpaired) electrons. The van der Waals surface area contributed by atoms with Crippen LogP contribution in [0.15, 0.2) is 30.3 Å². The number of aliphatic carboxylic acids is 1. The van der Waals surface area contributed by atoms with Gasteiger partial charge in [-0.3, -0.25) is 9.59 Å².